The lowest BCUT2D eigenvalue weighted by Crippen LogP contribution is -2.14. The highest BCUT2D eigenvalue weighted by Crippen LogP contribution is 2.10. The highest BCUT2D eigenvalue weighted by atomic mass is 16.5. The number of rotatable bonds is 4. The maximum atomic E-state index is 11.9. The highest BCUT2D eigenvalue weighted by Gasteiger charge is 2.16. The Bertz CT molecular complexity index is 569. The third-order valence-corrected chi connectivity index (χ3v) is 1.65. The van der Waals surface area contributed by atoms with Crippen molar-refractivity contribution in [2.24, 2.45) is 5.92 Å². The van der Waals surface area contributed by atoms with E-state index < -0.39 is 47.2 Å². The molecule has 0 bridgehead atoms. The van der Waals surface area contributed by atoms with Crippen LogP contribution in [-0.2, 0) is 4.74 Å². The average Bonchev–Trinajstić information content (AvgIpc) is 2.36. The molecule has 0 saturated carbocycles. The third kappa shape index (κ3) is 3.08. The van der Waals surface area contributed by atoms with Crippen molar-refractivity contribution in [3.63, 3.8) is 0 Å². The SMILES string of the molecule is [2H]c1c([2H])c([2H])c(C(=O)OCC(C)C)c(C(=O)O)c1[2H]. The van der Waals surface area contributed by atoms with Crippen LogP contribution in [0.4, 0.5) is 0 Å². The molecule has 0 saturated heterocycles. The summed E-state index contributed by atoms with van der Waals surface area (Å²) in [5, 5.41) is 9.06. The molecule has 0 aliphatic carbocycles. The first-order valence-corrected chi connectivity index (χ1v) is 4.69. The van der Waals surface area contributed by atoms with Crippen LogP contribution in [0.2, 0.25) is 0 Å². The Labute approximate surface area is 99.5 Å². The van der Waals surface area contributed by atoms with Crippen LogP contribution >= 0.6 is 0 Å². The molecule has 1 rings (SSSR count). The van der Waals surface area contributed by atoms with Gasteiger partial charge in [0.15, 0.2) is 0 Å². The van der Waals surface area contributed by atoms with E-state index in [0.29, 0.717) is 0 Å². The third-order valence-electron chi connectivity index (χ3n) is 1.65. The van der Waals surface area contributed by atoms with Gasteiger partial charge in [0.1, 0.15) is 0 Å². The Morgan fingerprint density at radius 2 is 1.94 bits per heavy atom. The van der Waals surface area contributed by atoms with Gasteiger partial charge in [0.05, 0.1) is 23.2 Å². The van der Waals surface area contributed by atoms with E-state index in [1.54, 1.807) is 13.8 Å². The van der Waals surface area contributed by atoms with Crippen LogP contribution in [0, 0.1) is 5.92 Å². The molecular weight excluding hydrogens is 208 g/mol. The summed E-state index contributed by atoms with van der Waals surface area (Å²) in [5.74, 6) is -2.65. The van der Waals surface area contributed by atoms with Gasteiger partial charge >= 0.3 is 11.9 Å². The fraction of sp³-hybridized carbons (Fsp3) is 0.333. The van der Waals surface area contributed by atoms with Gasteiger partial charge in [0.2, 0.25) is 0 Å². The lowest BCUT2D eigenvalue weighted by Gasteiger charge is -2.08. The molecule has 0 spiro atoms. The van der Waals surface area contributed by atoms with Gasteiger partial charge in [-0.3, -0.25) is 0 Å². The molecule has 1 N–H and O–H groups in total. The fourth-order valence-electron chi connectivity index (χ4n) is 0.941. The normalized spacial score (nSPS) is 13.7. The zero-order chi connectivity index (χ0) is 15.6. The largest absolute Gasteiger partial charge is 0.478 e. The second-order valence-electron chi connectivity index (χ2n) is 3.55. The Morgan fingerprint density at radius 3 is 2.44 bits per heavy atom. The Balaban J connectivity index is 3.44. The molecule has 86 valence electrons. The Kier molecular flexibility index (Phi) is 2.46. The van der Waals surface area contributed by atoms with Crippen LogP contribution in [0.5, 0.6) is 0 Å². The van der Waals surface area contributed by atoms with Crippen molar-refractivity contribution < 1.29 is 24.9 Å². The maximum absolute atomic E-state index is 11.9. The number of carboxylic acid groups (broad SMARTS) is 1. The number of carboxylic acids is 1. The van der Waals surface area contributed by atoms with Gasteiger partial charge in [0.25, 0.3) is 0 Å². The van der Waals surface area contributed by atoms with Gasteiger partial charge in [-0.15, -0.1) is 0 Å². The Hall–Kier alpha value is -1.84. The molecule has 0 unspecified atom stereocenters. The summed E-state index contributed by atoms with van der Waals surface area (Å²) in [7, 11) is 0. The summed E-state index contributed by atoms with van der Waals surface area (Å²) < 4.78 is 34.9. The first-order valence-electron chi connectivity index (χ1n) is 6.69. The van der Waals surface area contributed by atoms with Crippen LogP contribution in [0.25, 0.3) is 0 Å². The molecule has 0 heterocycles. The summed E-state index contributed by atoms with van der Waals surface area (Å²) >= 11 is 0. The molecule has 0 aromatic heterocycles. The number of carbonyl (C=O) groups is 2. The quantitative estimate of drug-likeness (QED) is 0.799. The number of esters is 1. The summed E-state index contributed by atoms with van der Waals surface area (Å²) in [5.41, 5.74) is -1.42. The second kappa shape index (κ2) is 5.30. The molecule has 0 radical (unpaired) electrons. The maximum Gasteiger partial charge on any atom is 0.339 e. The first-order chi connectivity index (χ1) is 9.18. The van der Waals surface area contributed by atoms with Crippen molar-refractivity contribution in [2.75, 3.05) is 6.61 Å². The average molecular weight is 226 g/mol. The highest BCUT2D eigenvalue weighted by molar-refractivity contribution is 6.02. The summed E-state index contributed by atoms with van der Waals surface area (Å²) in [6.07, 6.45) is 0. The predicted molar refractivity (Wildman–Crippen MR) is 58.5 cm³/mol. The van der Waals surface area contributed by atoms with Crippen molar-refractivity contribution in [1.82, 2.24) is 0 Å². The van der Waals surface area contributed by atoms with E-state index in [1.165, 1.54) is 0 Å². The van der Waals surface area contributed by atoms with Crippen LogP contribution in [0.15, 0.2) is 24.2 Å². The van der Waals surface area contributed by atoms with E-state index in [1.807, 2.05) is 0 Å². The number of hydrogen-bond acceptors (Lipinski definition) is 3. The summed E-state index contributed by atoms with van der Waals surface area (Å²) in [4.78, 5) is 23.0. The molecule has 0 aliphatic rings. The molecule has 0 fully saturated rings. The molecular formula is C12H14O4. The van der Waals surface area contributed by atoms with Gasteiger partial charge in [-0.25, -0.2) is 9.59 Å². The Morgan fingerprint density at radius 1 is 1.38 bits per heavy atom. The zero-order valence-corrected chi connectivity index (χ0v) is 8.96. The minimum absolute atomic E-state index is 0.0165. The lowest BCUT2D eigenvalue weighted by atomic mass is 10.1. The topological polar surface area (TPSA) is 63.6 Å². The molecule has 4 nitrogen and oxygen atoms in total. The minimum Gasteiger partial charge on any atom is -0.478 e. The minimum atomic E-state index is -1.60. The molecule has 16 heavy (non-hydrogen) atoms. The van der Waals surface area contributed by atoms with Crippen molar-refractivity contribution in [3.8, 4) is 0 Å². The number of aromatic carboxylic acids is 1. The summed E-state index contributed by atoms with van der Waals surface area (Å²) in [6, 6.07) is -2.85. The van der Waals surface area contributed by atoms with Crippen molar-refractivity contribution in [3.05, 3.63) is 35.3 Å². The number of hydrogen-bond donors (Lipinski definition) is 1. The predicted octanol–water partition coefficient (Wildman–Crippen LogP) is 2.20. The van der Waals surface area contributed by atoms with Crippen LogP contribution < -0.4 is 0 Å². The second-order valence-corrected chi connectivity index (χ2v) is 3.55. The lowest BCUT2D eigenvalue weighted by molar-refractivity contribution is 0.0450. The number of benzene rings is 1. The molecule has 4 heteroatoms. The smallest absolute Gasteiger partial charge is 0.339 e. The standard InChI is InChI=1S/C12H14O4/c1-8(2)7-16-12(15)10-6-4-3-5-9(10)11(13)14/h3-6,8H,7H2,1-2H3,(H,13,14)/i3D,4D,5D,6D. The van der Waals surface area contributed by atoms with Gasteiger partial charge in [-0.2, -0.15) is 0 Å². The number of ether oxygens (including phenoxy) is 1. The van der Waals surface area contributed by atoms with E-state index >= 15 is 0 Å². The number of carbonyl (C=O) groups excluding carboxylic acids is 1. The van der Waals surface area contributed by atoms with Gasteiger partial charge in [-0.1, -0.05) is 25.9 Å². The van der Waals surface area contributed by atoms with Crippen LogP contribution in [0.3, 0.4) is 0 Å². The van der Waals surface area contributed by atoms with Gasteiger partial charge < -0.3 is 9.84 Å². The monoisotopic (exact) mass is 226 g/mol. The first kappa shape index (κ1) is 7.44. The van der Waals surface area contributed by atoms with Gasteiger partial charge in [0, 0.05) is 0 Å². The van der Waals surface area contributed by atoms with E-state index in [4.69, 9.17) is 15.3 Å². The van der Waals surface area contributed by atoms with Gasteiger partial charge in [-0.05, 0) is 18.0 Å². The fourth-order valence-corrected chi connectivity index (χ4v) is 0.941. The van der Waals surface area contributed by atoms with Crippen molar-refractivity contribution >= 4 is 11.9 Å². The van der Waals surface area contributed by atoms with Crippen LogP contribution in [-0.4, -0.2) is 23.7 Å². The molecule has 0 aliphatic heterocycles. The summed E-state index contributed by atoms with van der Waals surface area (Å²) in [6.45, 7) is 3.60. The molecule has 0 amide bonds. The van der Waals surface area contributed by atoms with E-state index in [9.17, 15) is 9.59 Å². The van der Waals surface area contributed by atoms with E-state index in [2.05, 4.69) is 0 Å². The van der Waals surface area contributed by atoms with Crippen molar-refractivity contribution in [1.29, 1.82) is 0 Å². The van der Waals surface area contributed by atoms with E-state index in [-0.39, 0.29) is 12.5 Å². The van der Waals surface area contributed by atoms with Crippen LogP contribution in [0.1, 0.15) is 40.0 Å². The van der Waals surface area contributed by atoms with Crippen molar-refractivity contribution in [2.45, 2.75) is 13.8 Å². The molecule has 1 aromatic rings. The zero-order valence-electron chi connectivity index (χ0n) is 13.0. The molecule has 1 aromatic carbocycles. The molecule has 0 atom stereocenters. The van der Waals surface area contributed by atoms with E-state index in [0.717, 1.165) is 0 Å².